The van der Waals surface area contributed by atoms with E-state index in [-0.39, 0.29) is 17.6 Å². The fourth-order valence-corrected chi connectivity index (χ4v) is 5.06. The standard InChI is InChI=1S/C33H34FN5O3/c1-5-6-28(39-35)37-20(3)33(15-16-33)38-31(40)23-8-7-19(2)25(18-23)22-11-14-27-26(17-22)29(32(41)36-4)30(42-27)21-9-12-24(34)13-10-21/h7-14,17-18H,3,5-6,15-16,35H2,1-2,4H3,(H,36,41)(H,37,39)(H,38,40). The maximum Gasteiger partial charge on any atom is 0.255 e. The summed E-state index contributed by atoms with van der Waals surface area (Å²) in [5, 5.41) is 6.43. The minimum absolute atomic E-state index is 0.225. The zero-order valence-corrected chi connectivity index (χ0v) is 23.9. The number of aryl methyl sites for hydroxylation is 1. The number of hydrogen-bond donors (Lipinski definition) is 4. The van der Waals surface area contributed by atoms with Gasteiger partial charge >= 0.3 is 0 Å². The molecule has 1 heterocycles. The molecule has 42 heavy (non-hydrogen) atoms. The predicted octanol–water partition coefficient (Wildman–Crippen LogP) is 6.01. The van der Waals surface area contributed by atoms with Crippen molar-refractivity contribution < 1.29 is 18.4 Å². The van der Waals surface area contributed by atoms with Crippen LogP contribution in [0.5, 0.6) is 0 Å². The molecule has 4 aromatic rings. The quantitative estimate of drug-likeness (QED) is 0.0854. The number of nitrogens with zero attached hydrogens (tertiary/aromatic N) is 1. The van der Waals surface area contributed by atoms with Crippen LogP contribution in [0, 0.1) is 12.7 Å². The van der Waals surface area contributed by atoms with Gasteiger partial charge in [0.05, 0.1) is 16.8 Å². The number of carbonyl (C=O) groups excluding carboxylic acids is 2. The van der Waals surface area contributed by atoms with E-state index in [0.29, 0.717) is 51.4 Å². The minimum Gasteiger partial charge on any atom is -0.455 e. The molecule has 1 saturated carbocycles. The summed E-state index contributed by atoms with van der Waals surface area (Å²) < 4.78 is 19.7. The Balaban J connectivity index is 1.48. The van der Waals surface area contributed by atoms with Crippen LogP contribution in [-0.4, -0.2) is 30.2 Å². The van der Waals surface area contributed by atoms with E-state index in [1.54, 1.807) is 31.3 Å². The largest absolute Gasteiger partial charge is 0.455 e. The van der Waals surface area contributed by atoms with Crippen molar-refractivity contribution in [1.82, 2.24) is 16.1 Å². The third-order valence-electron chi connectivity index (χ3n) is 7.64. The average molecular weight is 568 g/mol. The predicted molar refractivity (Wildman–Crippen MR) is 163 cm³/mol. The highest BCUT2D eigenvalue weighted by Gasteiger charge is 2.47. The van der Waals surface area contributed by atoms with Crippen LogP contribution in [0.25, 0.3) is 33.4 Å². The second-order valence-corrected chi connectivity index (χ2v) is 10.6. The number of carbonyl (C=O) groups is 2. The molecule has 9 heteroatoms. The van der Waals surface area contributed by atoms with Gasteiger partial charge in [-0.05, 0) is 91.4 Å². The normalized spacial score (nSPS) is 14.0. The number of furan rings is 1. The molecule has 2 amide bonds. The number of fused-ring (bicyclic) bond motifs is 1. The van der Waals surface area contributed by atoms with Crippen molar-refractivity contribution in [2.75, 3.05) is 7.05 Å². The second kappa shape index (κ2) is 11.6. The van der Waals surface area contributed by atoms with E-state index in [1.807, 2.05) is 38.1 Å². The monoisotopic (exact) mass is 567 g/mol. The fourth-order valence-electron chi connectivity index (χ4n) is 5.06. The topological polar surface area (TPSA) is 122 Å². The van der Waals surface area contributed by atoms with Crippen LogP contribution in [0.15, 0.2) is 82.3 Å². The summed E-state index contributed by atoms with van der Waals surface area (Å²) in [5.74, 6) is 5.67. The Morgan fingerprint density at radius 2 is 1.76 bits per heavy atom. The molecule has 0 spiro atoms. The summed E-state index contributed by atoms with van der Waals surface area (Å²) in [6.45, 7) is 8.12. The molecule has 1 aromatic heterocycles. The first-order valence-electron chi connectivity index (χ1n) is 13.9. The third kappa shape index (κ3) is 5.56. The number of hydrogen-bond acceptors (Lipinski definition) is 5. The lowest BCUT2D eigenvalue weighted by atomic mass is 9.95. The van der Waals surface area contributed by atoms with Gasteiger partial charge in [-0.15, -0.1) is 0 Å². The molecule has 0 atom stereocenters. The smallest absolute Gasteiger partial charge is 0.255 e. The van der Waals surface area contributed by atoms with Crippen molar-refractivity contribution in [2.45, 2.75) is 45.1 Å². The van der Waals surface area contributed by atoms with Gasteiger partial charge in [-0.2, -0.15) is 0 Å². The van der Waals surface area contributed by atoms with Gasteiger partial charge in [0.25, 0.3) is 11.8 Å². The fraction of sp³-hybridized carbons (Fsp3) is 0.242. The summed E-state index contributed by atoms with van der Waals surface area (Å²) in [7, 11) is 1.55. The molecule has 1 aliphatic carbocycles. The molecular weight excluding hydrogens is 533 g/mol. The number of amidine groups is 1. The lowest BCUT2D eigenvalue weighted by Gasteiger charge is -2.19. The first kappa shape index (κ1) is 28.8. The summed E-state index contributed by atoms with van der Waals surface area (Å²) in [5.41, 5.74) is 7.20. The van der Waals surface area contributed by atoms with Gasteiger partial charge in [0, 0.05) is 30.0 Å². The van der Waals surface area contributed by atoms with E-state index in [4.69, 9.17) is 10.3 Å². The molecule has 0 bridgehead atoms. The zero-order chi connectivity index (χ0) is 30.0. The SMILES string of the molecule is C=C(N=C(CCC)NN)C1(NC(=O)c2ccc(C)c(-c3ccc4oc(-c5ccc(F)cc5)c(C(=O)NC)c4c3)c2)CC1. The minimum atomic E-state index is -0.590. The second-order valence-electron chi connectivity index (χ2n) is 10.6. The molecule has 5 rings (SSSR count). The van der Waals surface area contributed by atoms with Crippen molar-refractivity contribution in [3.8, 4) is 22.5 Å². The van der Waals surface area contributed by atoms with E-state index in [1.165, 1.54) is 12.1 Å². The van der Waals surface area contributed by atoms with Crippen molar-refractivity contribution in [3.05, 3.63) is 95.4 Å². The number of halogens is 1. The Bertz CT molecular complexity index is 1720. The van der Waals surface area contributed by atoms with Crippen molar-refractivity contribution in [2.24, 2.45) is 10.8 Å². The molecule has 1 fully saturated rings. The number of nitrogens with two attached hydrogens (primary N) is 1. The maximum atomic E-state index is 13.6. The first-order chi connectivity index (χ1) is 20.2. The summed E-state index contributed by atoms with van der Waals surface area (Å²) in [6.07, 6.45) is 3.07. The van der Waals surface area contributed by atoms with Gasteiger partial charge < -0.3 is 20.5 Å². The molecule has 0 aliphatic heterocycles. The van der Waals surface area contributed by atoms with Gasteiger partial charge in [-0.25, -0.2) is 15.2 Å². The van der Waals surface area contributed by atoms with E-state index >= 15 is 0 Å². The van der Waals surface area contributed by atoms with E-state index < -0.39 is 5.54 Å². The van der Waals surface area contributed by atoms with Crippen molar-refractivity contribution in [3.63, 3.8) is 0 Å². The van der Waals surface area contributed by atoms with Crippen LogP contribution in [0.3, 0.4) is 0 Å². The number of amides is 2. The molecule has 216 valence electrons. The number of aliphatic imine (C=N–C) groups is 1. The summed E-state index contributed by atoms with van der Waals surface area (Å²) in [4.78, 5) is 31.0. The summed E-state index contributed by atoms with van der Waals surface area (Å²) in [6, 6.07) is 16.9. The molecule has 0 radical (unpaired) electrons. The third-order valence-corrected chi connectivity index (χ3v) is 7.64. The van der Waals surface area contributed by atoms with Crippen LogP contribution in [0.4, 0.5) is 4.39 Å². The number of nitrogens with one attached hydrogen (secondary N) is 3. The Morgan fingerprint density at radius 1 is 1.05 bits per heavy atom. The first-order valence-corrected chi connectivity index (χ1v) is 13.9. The van der Waals surface area contributed by atoms with Crippen molar-refractivity contribution >= 4 is 28.6 Å². The molecule has 3 aromatic carbocycles. The molecule has 0 unspecified atom stereocenters. The highest BCUT2D eigenvalue weighted by molar-refractivity contribution is 6.12. The van der Waals surface area contributed by atoms with Crippen LogP contribution in [0.2, 0.25) is 0 Å². The Labute approximate surface area is 243 Å². The van der Waals surface area contributed by atoms with E-state index in [0.717, 1.165) is 36.0 Å². The number of rotatable bonds is 9. The van der Waals surface area contributed by atoms with Gasteiger partial charge in [0.2, 0.25) is 0 Å². The zero-order valence-electron chi connectivity index (χ0n) is 23.9. The van der Waals surface area contributed by atoms with E-state index in [2.05, 4.69) is 27.6 Å². The van der Waals surface area contributed by atoms with Gasteiger partial charge in [-0.1, -0.05) is 25.6 Å². The Hall–Kier alpha value is -4.76. The van der Waals surface area contributed by atoms with Gasteiger partial charge in [0.1, 0.15) is 23.0 Å². The van der Waals surface area contributed by atoms with Gasteiger partial charge in [-0.3, -0.25) is 9.59 Å². The van der Waals surface area contributed by atoms with Crippen molar-refractivity contribution in [1.29, 1.82) is 0 Å². The van der Waals surface area contributed by atoms with Crippen LogP contribution in [-0.2, 0) is 0 Å². The molecule has 0 saturated heterocycles. The molecule has 5 N–H and O–H groups in total. The van der Waals surface area contributed by atoms with Crippen LogP contribution >= 0.6 is 0 Å². The number of hydrazine groups is 1. The van der Waals surface area contributed by atoms with Crippen LogP contribution < -0.4 is 21.9 Å². The lowest BCUT2D eigenvalue weighted by Crippen LogP contribution is -2.39. The number of benzene rings is 3. The Morgan fingerprint density at radius 3 is 2.40 bits per heavy atom. The maximum absolute atomic E-state index is 13.6. The molecule has 1 aliphatic rings. The molecular formula is C33H34FN5O3. The van der Waals surface area contributed by atoms with E-state index in [9.17, 15) is 14.0 Å². The highest BCUT2D eigenvalue weighted by atomic mass is 19.1. The Kier molecular flexibility index (Phi) is 7.95. The summed E-state index contributed by atoms with van der Waals surface area (Å²) >= 11 is 0. The van der Waals surface area contributed by atoms with Gasteiger partial charge in [0.15, 0.2) is 0 Å². The highest BCUT2D eigenvalue weighted by Crippen LogP contribution is 2.43. The van der Waals surface area contributed by atoms with Crippen LogP contribution in [0.1, 0.15) is 58.9 Å². The lowest BCUT2D eigenvalue weighted by molar-refractivity contribution is 0.0935. The molecule has 8 nitrogen and oxygen atoms in total. The average Bonchev–Trinajstić information content (AvgIpc) is 3.68.